The van der Waals surface area contributed by atoms with Gasteiger partial charge in [0.05, 0.1) is 11.6 Å². The topological polar surface area (TPSA) is 52.9 Å². The van der Waals surface area contributed by atoms with E-state index < -0.39 is 7.12 Å². The molecule has 0 spiro atoms. The molecule has 1 aliphatic heterocycles. The highest BCUT2D eigenvalue weighted by molar-refractivity contribution is 7.99. The summed E-state index contributed by atoms with van der Waals surface area (Å²) in [7, 11) is 0.265. The van der Waals surface area contributed by atoms with Crippen LogP contribution in [0.15, 0.2) is 23.1 Å². The zero-order chi connectivity index (χ0) is 10.8. The van der Waals surface area contributed by atoms with Crippen molar-refractivity contribution in [2.45, 2.75) is 4.90 Å². The quantitative estimate of drug-likeness (QED) is 0.700. The first-order valence-electron chi connectivity index (χ1n) is 4.59. The Labute approximate surface area is 93.0 Å². The van der Waals surface area contributed by atoms with Gasteiger partial charge in [-0.3, -0.25) is 0 Å². The van der Waals surface area contributed by atoms with Gasteiger partial charge in [0.15, 0.2) is 0 Å². The van der Waals surface area contributed by atoms with Crippen molar-refractivity contribution >= 4 is 30.0 Å². The first-order chi connectivity index (χ1) is 7.22. The van der Waals surface area contributed by atoms with Gasteiger partial charge in [0.2, 0.25) is 0 Å². The second-order valence-corrected chi connectivity index (χ2v) is 4.32. The van der Waals surface area contributed by atoms with Crippen LogP contribution in [0.25, 0.3) is 0 Å². The summed E-state index contributed by atoms with van der Waals surface area (Å²) in [5.41, 5.74) is 1.62. The molecule has 0 atom stereocenters. The normalized spacial score (nSPS) is 14.2. The van der Waals surface area contributed by atoms with Crippen LogP contribution in [0.1, 0.15) is 0 Å². The van der Waals surface area contributed by atoms with Gasteiger partial charge < -0.3 is 19.7 Å². The van der Waals surface area contributed by atoms with Crippen LogP contribution in [0, 0.1) is 0 Å². The van der Waals surface area contributed by atoms with E-state index in [-0.39, 0.29) is 0 Å². The number of thioether (sulfide) groups is 1. The minimum absolute atomic E-state index is 0.528. The molecular weight excluding hydrogens is 213 g/mol. The van der Waals surface area contributed by atoms with Crippen molar-refractivity contribution in [1.29, 1.82) is 0 Å². The molecule has 6 heteroatoms. The van der Waals surface area contributed by atoms with Crippen LogP contribution in [0.3, 0.4) is 0 Å². The lowest BCUT2D eigenvalue weighted by atomic mass is 9.80. The summed E-state index contributed by atoms with van der Waals surface area (Å²) in [4.78, 5) is 3.16. The predicted octanol–water partition coefficient (Wildman–Crippen LogP) is -0.160. The summed E-state index contributed by atoms with van der Waals surface area (Å²) in [6.45, 7) is 0.557. The van der Waals surface area contributed by atoms with E-state index in [1.807, 2.05) is 6.07 Å². The van der Waals surface area contributed by atoms with E-state index in [1.165, 1.54) is 0 Å². The van der Waals surface area contributed by atoms with Crippen LogP contribution in [0.2, 0.25) is 0 Å². The van der Waals surface area contributed by atoms with Gasteiger partial charge >= 0.3 is 7.12 Å². The lowest BCUT2D eigenvalue weighted by Gasteiger charge is -2.16. The van der Waals surface area contributed by atoms with Crippen molar-refractivity contribution in [3.8, 4) is 0 Å². The number of benzene rings is 1. The van der Waals surface area contributed by atoms with Crippen LogP contribution in [0.5, 0.6) is 0 Å². The third kappa shape index (κ3) is 2.13. The van der Waals surface area contributed by atoms with Gasteiger partial charge in [0, 0.05) is 12.0 Å². The Morgan fingerprint density at radius 2 is 2.33 bits per heavy atom. The molecule has 0 saturated heterocycles. The Kier molecular flexibility index (Phi) is 3.21. The second kappa shape index (κ2) is 4.44. The number of methoxy groups -OCH3 is 1. The highest BCUT2D eigenvalue weighted by atomic mass is 32.2. The lowest BCUT2D eigenvalue weighted by molar-refractivity contribution is 0.201. The molecule has 0 radical (unpaired) electrons. The first kappa shape index (κ1) is 10.8. The fraction of sp³-hybridized carbons (Fsp3) is 0.333. The van der Waals surface area contributed by atoms with E-state index in [4.69, 9.17) is 14.8 Å². The Bertz CT molecular complexity index is 361. The summed E-state index contributed by atoms with van der Waals surface area (Å²) in [5, 5.41) is 18.1. The molecule has 15 heavy (non-hydrogen) atoms. The van der Waals surface area contributed by atoms with Crippen molar-refractivity contribution in [1.82, 2.24) is 0 Å². The van der Waals surface area contributed by atoms with Crippen molar-refractivity contribution in [3.05, 3.63) is 18.2 Å². The van der Waals surface area contributed by atoms with Gasteiger partial charge in [-0.15, -0.1) is 11.8 Å². The first-order valence-corrected chi connectivity index (χ1v) is 5.57. The molecule has 0 aromatic heterocycles. The van der Waals surface area contributed by atoms with Gasteiger partial charge in [-0.05, 0) is 17.6 Å². The monoisotopic (exact) mass is 225 g/mol. The van der Waals surface area contributed by atoms with Crippen LogP contribution in [0.4, 0.5) is 5.69 Å². The third-order valence-electron chi connectivity index (χ3n) is 2.28. The molecule has 0 fully saturated rings. The minimum Gasteiger partial charge on any atom is -0.423 e. The van der Waals surface area contributed by atoms with Crippen molar-refractivity contribution < 1.29 is 14.8 Å². The van der Waals surface area contributed by atoms with Crippen LogP contribution in [-0.2, 0) is 4.74 Å². The van der Waals surface area contributed by atoms with E-state index >= 15 is 0 Å². The highest BCUT2D eigenvalue weighted by Gasteiger charge is 2.21. The zero-order valence-corrected chi connectivity index (χ0v) is 9.20. The molecule has 0 amide bonds. The summed E-state index contributed by atoms with van der Waals surface area (Å²) in [6, 6.07) is 5.42. The highest BCUT2D eigenvalue weighted by Crippen LogP contribution is 2.37. The number of rotatable bonds is 3. The standard InChI is InChI=1S/C9H12BNO3S/c1-14-5-11-6-15-9-4-7(10(12)13)2-3-8(9)11/h2-4,12-13H,5-6H2,1H3. The van der Waals surface area contributed by atoms with Crippen LogP contribution in [-0.4, -0.2) is 36.9 Å². The van der Waals surface area contributed by atoms with Gasteiger partial charge in [0.25, 0.3) is 0 Å². The molecule has 1 aromatic rings. The van der Waals surface area contributed by atoms with Crippen molar-refractivity contribution in [2.24, 2.45) is 0 Å². The summed E-state index contributed by atoms with van der Waals surface area (Å²) in [6.07, 6.45) is 0. The van der Waals surface area contributed by atoms with Crippen molar-refractivity contribution in [2.75, 3.05) is 24.6 Å². The molecular formula is C9H12BNO3S. The molecule has 0 unspecified atom stereocenters. The van der Waals surface area contributed by atoms with Gasteiger partial charge in [0.1, 0.15) is 6.73 Å². The third-order valence-corrected chi connectivity index (χ3v) is 3.36. The molecule has 1 heterocycles. The summed E-state index contributed by atoms with van der Waals surface area (Å²) >= 11 is 1.67. The number of nitrogens with zero attached hydrogens (tertiary/aromatic N) is 1. The Morgan fingerprint density at radius 1 is 1.53 bits per heavy atom. The van der Waals surface area contributed by atoms with Crippen LogP contribution >= 0.6 is 11.8 Å². The number of anilines is 1. The fourth-order valence-electron chi connectivity index (χ4n) is 1.55. The van der Waals surface area contributed by atoms with E-state index in [2.05, 4.69) is 4.90 Å². The molecule has 2 N–H and O–H groups in total. The maximum atomic E-state index is 9.03. The molecule has 1 aliphatic rings. The summed E-state index contributed by atoms with van der Waals surface area (Å²) in [5.74, 6) is 0.841. The minimum atomic E-state index is -1.40. The molecule has 4 nitrogen and oxygen atoms in total. The van der Waals surface area contributed by atoms with Crippen LogP contribution < -0.4 is 10.4 Å². The van der Waals surface area contributed by atoms with Gasteiger partial charge in [-0.25, -0.2) is 0 Å². The van der Waals surface area contributed by atoms with Crippen molar-refractivity contribution in [3.63, 3.8) is 0 Å². The Hall–Kier alpha value is -0.685. The number of hydrogen-bond acceptors (Lipinski definition) is 5. The SMILES string of the molecule is COCN1CSc2cc(B(O)O)ccc21. The molecule has 80 valence electrons. The van der Waals surface area contributed by atoms with Gasteiger partial charge in [-0.2, -0.15) is 0 Å². The molecule has 0 saturated carbocycles. The maximum Gasteiger partial charge on any atom is 0.488 e. The fourth-order valence-corrected chi connectivity index (χ4v) is 2.62. The zero-order valence-electron chi connectivity index (χ0n) is 8.38. The van der Waals surface area contributed by atoms with E-state index in [0.29, 0.717) is 12.2 Å². The Morgan fingerprint density at radius 3 is 3.00 bits per heavy atom. The number of fused-ring (bicyclic) bond motifs is 1. The largest absolute Gasteiger partial charge is 0.488 e. The second-order valence-electron chi connectivity index (χ2n) is 3.33. The smallest absolute Gasteiger partial charge is 0.423 e. The predicted molar refractivity (Wildman–Crippen MR) is 61.3 cm³/mol. The van der Waals surface area contributed by atoms with E-state index in [0.717, 1.165) is 16.5 Å². The average Bonchev–Trinajstić information content (AvgIpc) is 2.61. The molecule has 1 aromatic carbocycles. The number of ether oxygens (including phenoxy) is 1. The molecule has 2 rings (SSSR count). The maximum absolute atomic E-state index is 9.03. The lowest BCUT2D eigenvalue weighted by Crippen LogP contribution is -2.30. The Balaban J connectivity index is 2.25. The van der Waals surface area contributed by atoms with Gasteiger partial charge in [-0.1, -0.05) is 6.07 Å². The van der Waals surface area contributed by atoms with E-state index in [1.54, 1.807) is 31.0 Å². The molecule has 0 bridgehead atoms. The summed E-state index contributed by atoms with van der Waals surface area (Å²) < 4.78 is 5.07. The molecule has 0 aliphatic carbocycles. The number of hydrogen-bond donors (Lipinski definition) is 2. The average molecular weight is 225 g/mol. The van der Waals surface area contributed by atoms with E-state index in [9.17, 15) is 0 Å².